The standard InChI is InChI=1S/C20H17N3O5/c1-14-4-2-7-17(10-14)27-13-20(24)22-21-12-18-8-9-19(28-18)15-5-3-6-16(11-15)23(25)26/h2-12H,13H2,1H3,(H,22,24). The van der Waals surface area contributed by atoms with Gasteiger partial charge in [0.05, 0.1) is 11.1 Å². The fourth-order valence-electron chi connectivity index (χ4n) is 2.40. The number of nitro benzene ring substituents is 1. The second kappa shape index (κ2) is 8.63. The van der Waals surface area contributed by atoms with Crippen molar-refractivity contribution in [1.29, 1.82) is 0 Å². The summed E-state index contributed by atoms with van der Waals surface area (Å²) in [5, 5.41) is 14.7. The molecule has 1 aromatic heterocycles. The topological polar surface area (TPSA) is 107 Å². The zero-order valence-electron chi connectivity index (χ0n) is 15.0. The highest BCUT2D eigenvalue weighted by Crippen LogP contribution is 2.25. The number of carbonyl (C=O) groups excluding carboxylic acids is 1. The van der Waals surface area contributed by atoms with E-state index in [4.69, 9.17) is 9.15 Å². The number of hydrogen-bond donors (Lipinski definition) is 1. The van der Waals surface area contributed by atoms with E-state index in [0.29, 0.717) is 22.8 Å². The van der Waals surface area contributed by atoms with Crippen LogP contribution >= 0.6 is 0 Å². The van der Waals surface area contributed by atoms with E-state index in [0.717, 1.165) is 5.56 Å². The van der Waals surface area contributed by atoms with Crippen molar-refractivity contribution in [3.8, 4) is 17.1 Å². The van der Waals surface area contributed by atoms with Crippen molar-refractivity contribution in [2.24, 2.45) is 5.10 Å². The van der Waals surface area contributed by atoms with Crippen molar-refractivity contribution in [3.05, 3.63) is 82.1 Å². The van der Waals surface area contributed by atoms with Crippen LogP contribution in [0.4, 0.5) is 5.69 Å². The summed E-state index contributed by atoms with van der Waals surface area (Å²) in [6.45, 7) is 1.76. The van der Waals surface area contributed by atoms with Crippen molar-refractivity contribution in [3.63, 3.8) is 0 Å². The summed E-state index contributed by atoms with van der Waals surface area (Å²) >= 11 is 0. The Kier molecular flexibility index (Phi) is 5.81. The predicted octanol–water partition coefficient (Wildman–Crippen LogP) is 3.69. The number of hydrazone groups is 1. The first-order valence-corrected chi connectivity index (χ1v) is 8.37. The summed E-state index contributed by atoms with van der Waals surface area (Å²) < 4.78 is 11.0. The fourth-order valence-corrected chi connectivity index (χ4v) is 2.40. The van der Waals surface area contributed by atoms with Crippen molar-refractivity contribution < 1.29 is 18.9 Å². The zero-order valence-corrected chi connectivity index (χ0v) is 15.0. The molecule has 0 unspecified atom stereocenters. The molecular formula is C20H17N3O5. The van der Waals surface area contributed by atoms with E-state index in [1.165, 1.54) is 18.3 Å². The number of furan rings is 1. The number of nitro groups is 1. The van der Waals surface area contributed by atoms with E-state index in [1.54, 1.807) is 30.3 Å². The smallest absolute Gasteiger partial charge is 0.277 e. The van der Waals surface area contributed by atoms with Gasteiger partial charge >= 0.3 is 0 Å². The van der Waals surface area contributed by atoms with Crippen LogP contribution in [0, 0.1) is 17.0 Å². The van der Waals surface area contributed by atoms with Crippen LogP contribution in [-0.4, -0.2) is 23.7 Å². The molecule has 0 saturated heterocycles. The van der Waals surface area contributed by atoms with Crippen LogP contribution in [0.5, 0.6) is 5.75 Å². The number of non-ortho nitro benzene ring substituents is 1. The first-order valence-electron chi connectivity index (χ1n) is 8.37. The molecule has 0 aliphatic carbocycles. The molecule has 28 heavy (non-hydrogen) atoms. The summed E-state index contributed by atoms with van der Waals surface area (Å²) in [6.07, 6.45) is 1.34. The molecule has 0 bridgehead atoms. The number of aryl methyl sites for hydroxylation is 1. The highest BCUT2D eigenvalue weighted by molar-refractivity contribution is 5.81. The molecule has 8 heteroatoms. The van der Waals surface area contributed by atoms with E-state index in [2.05, 4.69) is 10.5 Å². The Morgan fingerprint density at radius 2 is 2.04 bits per heavy atom. The third-order valence-corrected chi connectivity index (χ3v) is 3.71. The first kappa shape index (κ1) is 18.8. The minimum absolute atomic E-state index is 0.0232. The molecule has 1 N–H and O–H groups in total. The Morgan fingerprint density at radius 1 is 1.21 bits per heavy atom. The summed E-state index contributed by atoms with van der Waals surface area (Å²) in [7, 11) is 0. The molecule has 0 fully saturated rings. The largest absolute Gasteiger partial charge is 0.484 e. The molecule has 8 nitrogen and oxygen atoms in total. The number of rotatable bonds is 7. The Hall–Kier alpha value is -3.94. The average Bonchev–Trinajstić information content (AvgIpc) is 3.15. The molecule has 1 amide bonds. The van der Waals surface area contributed by atoms with E-state index in [9.17, 15) is 14.9 Å². The summed E-state index contributed by atoms with van der Waals surface area (Å²) in [6, 6.07) is 16.8. The van der Waals surface area contributed by atoms with Gasteiger partial charge in [-0.25, -0.2) is 5.43 Å². The third kappa shape index (κ3) is 5.04. The zero-order chi connectivity index (χ0) is 19.9. The second-order valence-electron chi connectivity index (χ2n) is 5.91. The number of nitrogens with zero attached hydrogens (tertiary/aromatic N) is 2. The molecular weight excluding hydrogens is 362 g/mol. The van der Waals surface area contributed by atoms with Crippen LogP contribution in [0.15, 0.2) is 70.2 Å². The fraction of sp³-hybridized carbons (Fsp3) is 0.100. The van der Waals surface area contributed by atoms with Gasteiger partial charge in [0.15, 0.2) is 6.61 Å². The molecule has 0 saturated carbocycles. The number of amides is 1. The maximum atomic E-state index is 11.8. The van der Waals surface area contributed by atoms with Gasteiger partial charge in [-0.15, -0.1) is 0 Å². The molecule has 0 spiro atoms. The molecule has 3 aromatic rings. The molecule has 142 valence electrons. The number of nitrogens with one attached hydrogen (secondary N) is 1. The lowest BCUT2D eigenvalue weighted by atomic mass is 10.1. The number of carbonyl (C=O) groups is 1. The first-order chi connectivity index (χ1) is 13.5. The lowest BCUT2D eigenvalue weighted by molar-refractivity contribution is -0.384. The molecule has 0 atom stereocenters. The highest BCUT2D eigenvalue weighted by Gasteiger charge is 2.10. The Bertz CT molecular complexity index is 1030. The molecule has 3 rings (SSSR count). The molecule has 0 aliphatic heterocycles. The van der Waals surface area contributed by atoms with Gasteiger partial charge in [-0.1, -0.05) is 24.3 Å². The van der Waals surface area contributed by atoms with Crippen LogP contribution in [-0.2, 0) is 4.79 Å². The van der Waals surface area contributed by atoms with Gasteiger partial charge in [0.2, 0.25) is 0 Å². The van der Waals surface area contributed by atoms with Gasteiger partial charge in [0, 0.05) is 17.7 Å². The average molecular weight is 379 g/mol. The second-order valence-corrected chi connectivity index (χ2v) is 5.91. The van der Waals surface area contributed by atoms with Crippen molar-refractivity contribution in [2.45, 2.75) is 6.92 Å². The van der Waals surface area contributed by atoms with Crippen LogP contribution in [0.1, 0.15) is 11.3 Å². The molecule has 2 aromatic carbocycles. The molecule has 0 aliphatic rings. The number of ether oxygens (including phenoxy) is 1. The number of benzene rings is 2. The van der Waals surface area contributed by atoms with Crippen LogP contribution < -0.4 is 10.2 Å². The lowest BCUT2D eigenvalue weighted by Gasteiger charge is -2.05. The van der Waals surface area contributed by atoms with Crippen molar-refractivity contribution in [1.82, 2.24) is 5.43 Å². The van der Waals surface area contributed by atoms with Gasteiger partial charge < -0.3 is 9.15 Å². The summed E-state index contributed by atoms with van der Waals surface area (Å²) in [5.41, 5.74) is 3.93. The van der Waals surface area contributed by atoms with Crippen LogP contribution in [0.25, 0.3) is 11.3 Å². The Balaban J connectivity index is 1.54. The third-order valence-electron chi connectivity index (χ3n) is 3.71. The van der Waals surface area contributed by atoms with Crippen molar-refractivity contribution in [2.75, 3.05) is 6.61 Å². The lowest BCUT2D eigenvalue weighted by Crippen LogP contribution is -2.24. The van der Waals surface area contributed by atoms with Crippen LogP contribution in [0.3, 0.4) is 0 Å². The SMILES string of the molecule is Cc1cccc(OCC(=O)NN=Cc2ccc(-c3cccc([N+](=O)[O-])c3)o2)c1. The maximum Gasteiger partial charge on any atom is 0.277 e. The molecule has 0 radical (unpaired) electrons. The van der Waals surface area contributed by atoms with E-state index in [-0.39, 0.29) is 12.3 Å². The van der Waals surface area contributed by atoms with Gasteiger partial charge in [0.1, 0.15) is 17.3 Å². The predicted molar refractivity (Wildman–Crippen MR) is 103 cm³/mol. The quantitative estimate of drug-likeness (QED) is 0.383. The van der Waals surface area contributed by atoms with E-state index < -0.39 is 10.8 Å². The Labute approximate surface area is 160 Å². The molecule has 1 heterocycles. The monoisotopic (exact) mass is 379 g/mol. The van der Waals surface area contributed by atoms with Gasteiger partial charge in [-0.3, -0.25) is 14.9 Å². The normalized spacial score (nSPS) is 10.8. The van der Waals surface area contributed by atoms with Gasteiger partial charge in [-0.2, -0.15) is 5.10 Å². The highest BCUT2D eigenvalue weighted by atomic mass is 16.6. The minimum Gasteiger partial charge on any atom is -0.484 e. The van der Waals surface area contributed by atoms with E-state index >= 15 is 0 Å². The van der Waals surface area contributed by atoms with E-state index in [1.807, 2.05) is 25.1 Å². The summed E-state index contributed by atoms with van der Waals surface area (Å²) in [4.78, 5) is 22.2. The van der Waals surface area contributed by atoms with Crippen LogP contribution in [0.2, 0.25) is 0 Å². The van der Waals surface area contributed by atoms with Crippen molar-refractivity contribution >= 4 is 17.8 Å². The Morgan fingerprint density at radius 3 is 2.82 bits per heavy atom. The van der Waals surface area contributed by atoms with Gasteiger partial charge in [0.25, 0.3) is 11.6 Å². The maximum absolute atomic E-state index is 11.8. The minimum atomic E-state index is -0.469. The number of hydrogen-bond acceptors (Lipinski definition) is 6. The summed E-state index contributed by atoms with van der Waals surface area (Å²) in [5.74, 6) is 1.04. The van der Waals surface area contributed by atoms with Gasteiger partial charge in [-0.05, 0) is 36.8 Å².